The number of carbonyl (C=O) groups is 3. The van der Waals surface area contributed by atoms with Gasteiger partial charge in [0.1, 0.15) is 6.04 Å². The Balaban J connectivity index is 1.54. The summed E-state index contributed by atoms with van der Waals surface area (Å²) in [6.07, 6.45) is -0.114. The van der Waals surface area contributed by atoms with Crippen LogP contribution in [0.15, 0.2) is 72.8 Å². The molecule has 3 aromatic rings. The molecule has 0 bridgehead atoms. The summed E-state index contributed by atoms with van der Waals surface area (Å²) >= 11 is 5.77. The van der Waals surface area contributed by atoms with Crippen molar-refractivity contribution >= 4 is 40.8 Å². The second-order valence-corrected chi connectivity index (χ2v) is 9.44. The van der Waals surface area contributed by atoms with Crippen LogP contribution in [0, 0.1) is 0 Å². The van der Waals surface area contributed by atoms with Gasteiger partial charge in [0.25, 0.3) is 5.91 Å². The summed E-state index contributed by atoms with van der Waals surface area (Å²) in [5.41, 5.74) is 2.65. The number of hydrogen-bond donors (Lipinski definition) is 1. The quantitative estimate of drug-likeness (QED) is 0.272. The largest absolute Gasteiger partial charge is 0.493 e. The minimum absolute atomic E-state index is 0.114. The number of ether oxygens (including phenoxy) is 3. The number of hydrogen-bond acceptors (Lipinski definition) is 7. The molecule has 9 nitrogen and oxygen atoms in total. The first-order valence-corrected chi connectivity index (χ1v) is 13.2. The smallest absolute Gasteiger partial charge is 0.338 e. The maximum absolute atomic E-state index is 13.6. The fourth-order valence-electron chi connectivity index (χ4n) is 4.45. The molecule has 1 heterocycles. The number of esters is 1. The molecule has 0 spiro atoms. The van der Waals surface area contributed by atoms with E-state index in [1.807, 2.05) is 42.5 Å². The lowest BCUT2D eigenvalue weighted by molar-refractivity contribution is -0.131. The van der Waals surface area contributed by atoms with Gasteiger partial charge in [0.2, 0.25) is 5.91 Å². The monoisotopic (exact) mass is 561 g/mol. The number of thiocarbonyl (C=S) groups is 1. The number of rotatable bonds is 11. The zero-order chi connectivity index (χ0) is 28.6. The highest BCUT2D eigenvalue weighted by Gasteiger charge is 2.43. The van der Waals surface area contributed by atoms with Gasteiger partial charge in [-0.05, 0) is 66.7 Å². The first-order valence-electron chi connectivity index (χ1n) is 12.8. The molecule has 1 aliphatic heterocycles. The average molecular weight is 562 g/mol. The summed E-state index contributed by atoms with van der Waals surface area (Å²) in [5, 5.41) is 3.16. The van der Waals surface area contributed by atoms with E-state index in [0.717, 1.165) is 11.1 Å². The lowest BCUT2D eigenvalue weighted by atomic mass is 10.1. The molecule has 1 atom stereocenters. The number of anilines is 1. The molecule has 0 aliphatic carbocycles. The Morgan fingerprint density at radius 2 is 1.60 bits per heavy atom. The van der Waals surface area contributed by atoms with Gasteiger partial charge in [0.15, 0.2) is 16.6 Å². The zero-order valence-corrected chi connectivity index (χ0v) is 23.4. The van der Waals surface area contributed by atoms with Crippen molar-refractivity contribution in [3.8, 4) is 11.5 Å². The van der Waals surface area contributed by atoms with Crippen molar-refractivity contribution in [2.45, 2.75) is 32.5 Å². The number of nitrogens with one attached hydrogen (secondary N) is 1. The molecular formula is C30H31N3O6S. The molecular weight excluding hydrogens is 530 g/mol. The van der Waals surface area contributed by atoms with Gasteiger partial charge in [-0.3, -0.25) is 14.5 Å². The molecule has 208 valence electrons. The van der Waals surface area contributed by atoms with Crippen LogP contribution in [0.2, 0.25) is 0 Å². The van der Waals surface area contributed by atoms with E-state index in [-0.39, 0.29) is 24.8 Å². The highest BCUT2D eigenvalue weighted by molar-refractivity contribution is 7.80. The Hall–Kier alpha value is -4.44. The first-order chi connectivity index (χ1) is 19.3. The maximum atomic E-state index is 13.6. The van der Waals surface area contributed by atoms with Crippen molar-refractivity contribution in [3.05, 3.63) is 89.5 Å². The molecule has 0 saturated carbocycles. The number of benzene rings is 3. The van der Waals surface area contributed by atoms with Crippen LogP contribution < -0.4 is 14.8 Å². The van der Waals surface area contributed by atoms with E-state index in [9.17, 15) is 14.4 Å². The summed E-state index contributed by atoms with van der Waals surface area (Å²) in [7, 11) is 3.12. The molecule has 1 aliphatic rings. The SMILES string of the molecule is CCOC(=O)c1ccc(NC(=O)C[C@@H]2C(=O)N(Cc3ccccc3)C(=S)N2Cc2ccc(OC)c(OC)c2)cc1. The minimum atomic E-state index is -0.803. The molecule has 40 heavy (non-hydrogen) atoms. The van der Waals surface area contributed by atoms with Crippen LogP contribution in [0.3, 0.4) is 0 Å². The van der Waals surface area contributed by atoms with Gasteiger partial charge in [-0.25, -0.2) is 4.79 Å². The fraction of sp³-hybridized carbons (Fsp3) is 0.267. The number of carbonyl (C=O) groups excluding carboxylic acids is 3. The lowest BCUT2D eigenvalue weighted by Crippen LogP contribution is -2.37. The molecule has 2 amide bonds. The third-order valence-electron chi connectivity index (χ3n) is 6.45. The van der Waals surface area contributed by atoms with E-state index in [1.54, 1.807) is 56.4 Å². The predicted molar refractivity (Wildman–Crippen MR) is 154 cm³/mol. The molecule has 0 radical (unpaired) electrons. The molecule has 0 unspecified atom stereocenters. The Morgan fingerprint density at radius 1 is 0.900 bits per heavy atom. The van der Waals surface area contributed by atoms with E-state index < -0.39 is 12.0 Å². The van der Waals surface area contributed by atoms with Gasteiger partial charge >= 0.3 is 5.97 Å². The van der Waals surface area contributed by atoms with Crippen molar-refractivity contribution < 1.29 is 28.6 Å². The van der Waals surface area contributed by atoms with Gasteiger partial charge < -0.3 is 24.4 Å². The fourth-order valence-corrected chi connectivity index (χ4v) is 4.80. The highest BCUT2D eigenvalue weighted by Crippen LogP contribution is 2.31. The van der Waals surface area contributed by atoms with E-state index in [2.05, 4.69) is 5.32 Å². The van der Waals surface area contributed by atoms with Gasteiger partial charge in [-0.1, -0.05) is 36.4 Å². The molecule has 3 aromatic carbocycles. The second-order valence-electron chi connectivity index (χ2n) is 9.08. The minimum Gasteiger partial charge on any atom is -0.493 e. The van der Waals surface area contributed by atoms with E-state index in [1.165, 1.54) is 4.90 Å². The van der Waals surface area contributed by atoms with Crippen LogP contribution >= 0.6 is 12.2 Å². The van der Waals surface area contributed by atoms with Crippen molar-refractivity contribution in [1.29, 1.82) is 0 Å². The van der Waals surface area contributed by atoms with Gasteiger partial charge in [-0.2, -0.15) is 0 Å². The van der Waals surface area contributed by atoms with Gasteiger partial charge in [0.05, 0.1) is 39.4 Å². The van der Waals surface area contributed by atoms with Crippen molar-refractivity contribution in [2.24, 2.45) is 0 Å². The van der Waals surface area contributed by atoms with Crippen LogP contribution in [0.5, 0.6) is 11.5 Å². The third-order valence-corrected chi connectivity index (χ3v) is 6.90. The number of methoxy groups -OCH3 is 2. The number of nitrogens with zero attached hydrogens (tertiary/aromatic N) is 2. The molecule has 4 rings (SSSR count). The Bertz CT molecular complexity index is 1380. The summed E-state index contributed by atoms with van der Waals surface area (Å²) in [6.45, 7) is 2.60. The van der Waals surface area contributed by atoms with E-state index in [0.29, 0.717) is 41.0 Å². The van der Waals surface area contributed by atoms with Gasteiger partial charge in [-0.15, -0.1) is 0 Å². The van der Waals surface area contributed by atoms with E-state index >= 15 is 0 Å². The molecule has 1 N–H and O–H groups in total. The molecule has 0 aromatic heterocycles. The van der Waals surface area contributed by atoms with Crippen LogP contribution in [0.1, 0.15) is 34.8 Å². The normalized spacial score (nSPS) is 14.7. The molecule has 1 saturated heterocycles. The zero-order valence-electron chi connectivity index (χ0n) is 22.6. The molecule has 1 fully saturated rings. The standard InChI is InChI=1S/C30H31N3O6S/c1-4-39-29(36)22-11-13-23(14-12-22)31-27(34)17-24-28(35)33(18-20-8-6-5-7-9-20)30(40)32(24)19-21-10-15-25(37-2)26(16-21)38-3/h5-16,24H,4,17-19H2,1-3H3,(H,31,34)/t24-/m1/s1. The summed E-state index contributed by atoms with van der Waals surface area (Å²) in [5.74, 6) is 0.0980. The summed E-state index contributed by atoms with van der Waals surface area (Å²) in [4.78, 5) is 42.0. The van der Waals surface area contributed by atoms with Crippen LogP contribution in [-0.4, -0.2) is 59.6 Å². The van der Waals surface area contributed by atoms with Crippen LogP contribution in [0.4, 0.5) is 5.69 Å². The average Bonchev–Trinajstić information content (AvgIpc) is 3.17. The second kappa shape index (κ2) is 13.1. The van der Waals surface area contributed by atoms with Crippen LogP contribution in [0.25, 0.3) is 0 Å². The number of amides is 2. The molecule has 10 heteroatoms. The van der Waals surface area contributed by atoms with Crippen LogP contribution in [-0.2, 0) is 27.4 Å². The predicted octanol–water partition coefficient (Wildman–Crippen LogP) is 4.41. The third kappa shape index (κ3) is 6.58. The Kier molecular flexibility index (Phi) is 9.34. The Labute approximate surface area is 238 Å². The van der Waals surface area contributed by atoms with Crippen molar-refractivity contribution in [1.82, 2.24) is 9.80 Å². The topological polar surface area (TPSA) is 97.4 Å². The van der Waals surface area contributed by atoms with Crippen molar-refractivity contribution in [3.63, 3.8) is 0 Å². The van der Waals surface area contributed by atoms with Crippen molar-refractivity contribution in [2.75, 3.05) is 26.1 Å². The maximum Gasteiger partial charge on any atom is 0.338 e. The Morgan fingerprint density at radius 3 is 2.25 bits per heavy atom. The van der Waals surface area contributed by atoms with E-state index in [4.69, 9.17) is 26.4 Å². The first kappa shape index (κ1) is 28.6. The lowest BCUT2D eigenvalue weighted by Gasteiger charge is -2.24. The summed E-state index contributed by atoms with van der Waals surface area (Å²) in [6, 6.07) is 20.6. The summed E-state index contributed by atoms with van der Waals surface area (Å²) < 4.78 is 15.8. The highest BCUT2D eigenvalue weighted by atomic mass is 32.1. The van der Waals surface area contributed by atoms with Gasteiger partial charge in [0, 0.05) is 12.2 Å².